The van der Waals surface area contributed by atoms with Crippen molar-refractivity contribution in [2.45, 2.75) is 44.4 Å². The molecular weight excluding hydrogens is 651 g/mol. The number of H-pyrrole nitrogens is 1. The summed E-state index contributed by atoms with van der Waals surface area (Å²) >= 11 is 0. The first-order valence-electron chi connectivity index (χ1n) is 15.7. The van der Waals surface area contributed by atoms with Crippen molar-refractivity contribution in [1.82, 2.24) is 40.1 Å². The van der Waals surface area contributed by atoms with Crippen molar-refractivity contribution in [2.24, 2.45) is 0 Å². The van der Waals surface area contributed by atoms with Crippen LogP contribution in [0.1, 0.15) is 54.4 Å². The minimum atomic E-state index is -4.62. The van der Waals surface area contributed by atoms with Crippen molar-refractivity contribution in [3.05, 3.63) is 106 Å². The second kappa shape index (κ2) is 13.1. The lowest BCUT2D eigenvalue weighted by molar-refractivity contribution is -0.141. The fraction of sp³-hybridized carbons (Fsp3) is 0.257. The van der Waals surface area contributed by atoms with Gasteiger partial charge >= 0.3 is 6.18 Å². The number of pyridine rings is 1. The van der Waals surface area contributed by atoms with E-state index in [0.29, 0.717) is 45.2 Å². The van der Waals surface area contributed by atoms with E-state index in [-0.39, 0.29) is 29.5 Å². The molecule has 50 heavy (non-hydrogen) atoms. The second-order valence-electron chi connectivity index (χ2n) is 11.7. The number of hydrogen-bond donors (Lipinski definition) is 1. The van der Waals surface area contributed by atoms with Crippen LogP contribution in [0, 0.1) is 0 Å². The van der Waals surface area contributed by atoms with Crippen LogP contribution in [0.3, 0.4) is 0 Å². The monoisotopic (exact) mass is 681 g/mol. The average Bonchev–Trinajstić information content (AvgIpc) is 3.99. The van der Waals surface area contributed by atoms with Crippen molar-refractivity contribution in [3.63, 3.8) is 0 Å². The molecule has 1 aliphatic rings. The van der Waals surface area contributed by atoms with Gasteiger partial charge in [0.1, 0.15) is 35.4 Å². The topological polar surface area (TPSA) is 145 Å². The molecule has 12 nitrogen and oxygen atoms in total. The van der Waals surface area contributed by atoms with Crippen LogP contribution in [-0.4, -0.2) is 54.3 Å². The second-order valence-corrected chi connectivity index (χ2v) is 11.7. The van der Waals surface area contributed by atoms with Gasteiger partial charge in [0.15, 0.2) is 5.82 Å². The summed E-state index contributed by atoms with van der Waals surface area (Å²) < 4.78 is 51.5. The van der Waals surface area contributed by atoms with E-state index >= 15 is 0 Å². The Labute approximate surface area is 283 Å². The SMILES string of the molecule is COc1ccc(C(F)(F)F)nc1-c1ccc([C@H](C)N(Cc2n[nH]c(=O)c3ccccc23)c2ncnc(-c3c(OC)ncnc3C3CC3)n2)cc1. The normalized spacial score (nSPS) is 13.6. The van der Waals surface area contributed by atoms with Crippen LogP contribution < -0.4 is 19.9 Å². The molecule has 0 radical (unpaired) electrons. The number of aromatic amines is 1. The number of benzene rings is 2. The molecule has 6 aromatic rings. The highest BCUT2D eigenvalue weighted by Gasteiger charge is 2.34. The molecule has 254 valence electrons. The molecular formula is C35H30F3N9O3. The highest BCUT2D eigenvalue weighted by molar-refractivity contribution is 5.83. The first-order valence-corrected chi connectivity index (χ1v) is 15.7. The van der Waals surface area contributed by atoms with Crippen LogP contribution in [-0.2, 0) is 12.7 Å². The van der Waals surface area contributed by atoms with Gasteiger partial charge < -0.3 is 14.4 Å². The lowest BCUT2D eigenvalue weighted by Gasteiger charge is -2.30. The van der Waals surface area contributed by atoms with Crippen LogP contribution in [0.15, 0.2) is 78.1 Å². The van der Waals surface area contributed by atoms with E-state index in [4.69, 9.17) is 14.5 Å². The van der Waals surface area contributed by atoms with Crippen molar-refractivity contribution in [3.8, 4) is 34.3 Å². The third-order valence-corrected chi connectivity index (χ3v) is 8.64. The molecule has 1 fully saturated rings. The van der Waals surface area contributed by atoms with Crippen LogP contribution in [0.25, 0.3) is 33.4 Å². The molecule has 0 aliphatic heterocycles. The highest BCUT2D eigenvalue weighted by atomic mass is 19.4. The Kier molecular flexibility index (Phi) is 8.55. The zero-order valence-corrected chi connectivity index (χ0v) is 27.1. The lowest BCUT2D eigenvalue weighted by atomic mass is 10.0. The molecule has 1 saturated carbocycles. The predicted octanol–water partition coefficient (Wildman–Crippen LogP) is 6.31. The Balaban J connectivity index is 1.31. The molecule has 4 aromatic heterocycles. The van der Waals surface area contributed by atoms with Gasteiger partial charge in [0.2, 0.25) is 11.8 Å². The number of ether oxygens (including phenoxy) is 2. The third kappa shape index (κ3) is 6.29. The molecule has 0 amide bonds. The van der Waals surface area contributed by atoms with E-state index in [2.05, 4.69) is 35.1 Å². The molecule has 0 bridgehead atoms. The van der Waals surface area contributed by atoms with Gasteiger partial charge in [0, 0.05) is 16.9 Å². The summed E-state index contributed by atoms with van der Waals surface area (Å²) in [6, 6.07) is 15.9. The highest BCUT2D eigenvalue weighted by Crippen LogP contribution is 2.45. The molecule has 0 unspecified atom stereocenters. The van der Waals surface area contributed by atoms with Gasteiger partial charge in [0.05, 0.1) is 43.6 Å². The number of nitrogens with one attached hydrogen (secondary N) is 1. The number of fused-ring (bicyclic) bond motifs is 1. The molecule has 1 aliphatic carbocycles. The smallest absolute Gasteiger partial charge is 0.433 e. The summed E-state index contributed by atoms with van der Waals surface area (Å²) in [5.41, 5.74) is 1.92. The molecule has 7 rings (SSSR count). The van der Waals surface area contributed by atoms with Gasteiger partial charge in [0.25, 0.3) is 5.56 Å². The van der Waals surface area contributed by atoms with Crippen LogP contribution in [0.5, 0.6) is 11.6 Å². The molecule has 1 N–H and O–H groups in total. The standard InChI is InChI=1S/C35H30F3N9O3/c1-19(20-8-10-21(11-9-20)29-26(49-2)14-15-27(43-29)35(36,37)38)47(16-25-23-6-4-5-7-24(23)32(48)46-45-25)34-42-18-40-31(44-34)28-30(22-12-13-22)39-17-41-33(28)50-3/h4-11,14-15,17-19,22H,12-13,16H2,1-3H3,(H,46,48)/t19-/m0/s1. The van der Waals surface area contributed by atoms with E-state index in [1.807, 2.05) is 24.0 Å². The molecule has 2 aromatic carbocycles. The number of aromatic nitrogens is 8. The van der Waals surface area contributed by atoms with Crippen molar-refractivity contribution >= 4 is 16.7 Å². The van der Waals surface area contributed by atoms with Gasteiger partial charge in [-0.1, -0.05) is 42.5 Å². The largest absolute Gasteiger partial charge is 0.494 e. The van der Waals surface area contributed by atoms with Crippen molar-refractivity contribution in [2.75, 3.05) is 19.1 Å². The number of halogens is 3. The number of anilines is 1. The summed E-state index contributed by atoms with van der Waals surface area (Å²) in [7, 11) is 2.91. The number of nitrogens with zero attached hydrogens (tertiary/aromatic N) is 8. The van der Waals surface area contributed by atoms with Gasteiger partial charge in [-0.2, -0.15) is 23.3 Å². The molecule has 0 saturated heterocycles. The number of rotatable bonds is 10. The summed E-state index contributed by atoms with van der Waals surface area (Å²) in [5.74, 6) is 1.44. The van der Waals surface area contributed by atoms with E-state index in [9.17, 15) is 18.0 Å². The van der Waals surface area contributed by atoms with Crippen molar-refractivity contribution in [1.29, 1.82) is 0 Å². The fourth-order valence-electron chi connectivity index (χ4n) is 5.87. The van der Waals surface area contributed by atoms with E-state index in [1.165, 1.54) is 32.9 Å². The predicted molar refractivity (Wildman–Crippen MR) is 178 cm³/mol. The first-order chi connectivity index (χ1) is 24.2. The Morgan fingerprint density at radius 3 is 2.34 bits per heavy atom. The Morgan fingerprint density at radius 1 is 0.900 bits per heavy atom. The van der Waals surface area contributed by atoms with Crippen molar-refractivity contribution < 1.29 is 22.6 Å². The Hall–Kier alpha value is -5.99. The maximum absolute atomic E-state index is 13.5. The summed E-state index contributed by atoms with van der Waals surface area (Å²) in [6.45, 7) is 2.11. The molecule has 15 heteroatoms. The van der Waals surface area contributed by atoms with Gasteiger partial charge in [-0.05, 0) is 43.5 Å². The van der Waals surface area contributed by atoms with E-state index in [1.54, 1.807) is 36.4 Å². The Bertz CT molecular complexity index is 2240. The maximum Gasteiger partial charge on any atom is 0.433 e. The number of alkyl halides is 3. The van der Waals surface area contributed by atoms with Crippen LogP contribution >= 0.6 is 0 Å². The zero-order chi connectivity index (χ0) is 35.0. The first kappa shape index (κ1) is 32.6. The average molecular weight is 682 g/mol. The fourth-order valence-corrected chi connectivity index (χ4v) is 5.87. The summed E-state index contributed by atoms with van der Waals surface area (Å²) in [4.78, 5) is 41.2. The molecule has 0 spiro atoms. The lowest BCUT2D eigenvalue weighted by Crippen LogP contribution is -2.29. The Morgan fingerprint density at radius 2 is 1.64 bits per heavy atom. The molecule has 4 heterocycles. The van der Waals surface area contributed by atoms with Gasteiger partial charge in [-0.15, -0.1) is 0 Å². The van der Waals surface area contributed by atoms with Gasteiger partial charge in [-0.25, -0.2) is 30.0 Å². The van der Waals surface area contributed by atoms with Crippen LogP contribution in [0.2, 0.25) is 0 Å². The molecule has 1 atom stereocenters. The van der Waals surface area contributed by atoms with Gasteiger partial charge in [-0.3, -0.25) is 4.79 Å². The van der Waals surface area contributed by atoms with Crippen LogP contribution in [0.4, 0.5) is 19.1 Å². The summed E-state index contributed by atoms with van der Waals surface area (Å²) in [6.07, 6.45) is 0.226. The number of hydrogen-bond acceptors (Lipinski definition) is 11. The minimum absolute atomic E-state index is 0.0647. The van der Waals surface area contributed by atoms with E-state index in [0.717, 1.165) is 30.2 Å². The zero-order valence-electron chi connectivity index (χ0n) is 27.1. The maximum atomic E-state index is 13.5. The third-order valence-electron chi connectivity index (χ3n) is 8.64. The summed E-state index contributed by atoms with van der Waals surface area (Å²) in [5, 5.41) is 8.13. The minimum Gasteiger partial charge on any atom is -0.494 e. The number of methoxy groups -OCH3 is 2. The quantitative estimate of drug-likeness (QED) is 0.174. The van der Waals surface area contributed by atoms with E-state index < -0.39 is 17.9 Å².